The molecule has 6 rings (SSSR count). The van der Waals surface area contributed by atoms with Crippen molar-refractivity contribution in [3.05, 3.63) is 58.5 Å². The fourth-order valence-corrected chi connectivity index (χ4v) is 4.64. The van der Waals surface area contributed by atoms with Gasteiger partial charge in [0.25, 0.3) is 0 Å². The molecule has 0 bridgehead atoms. The average Bonchev–Trinajstić information content (AvgIpc) is 3.69. The van der Waals surface area contributed by atoms with E-state index in [-0.39, 0.29) is 6.61 Å². The Labute approximate surface area is 209 Å². The van der Waals surface area contributed by atoms with Gasteiger partial charge in [0.1, 0.15) is 11.8 Å². The molecular weight excluding hydrogens is 452 g/mol. The number of rotatable bonds is 4. The topological polar surface area (TPSA) is 116 Å². The Balaban J connectivity index is 1.37. The van der Waals surface area contributed by atoms with Crippen LogP contribution < -0.4 is 10.6 Å². The van der Waals surface area contributed by atoms with E-state index in [2.05, 4.69) is 33.5 Å². The lowest BCUT2D eigenvalue weighted by Crippen LogP contribution is -2.28. The maximum atomic E-state index is 10.0. The number of aliphatic hydroxyl groups excluding tert-OH is 1. The fraction of sp³-hybridized carbons (Fsp3) is 0.357. The van der Waals surface area contributed by atoms with Crippen molar-refractivity contribution in [2.75, 3.05) is 30.4 Å². The van der Waals surface area contributed by atoms with Crippen LogP contribution in [0.2, 0.25) is 0 Å². The van der Waals surface area contributed by atoms with E-state index in [1.807, 2.05) is 31.2 Å². The molecule has 2 aliphatic heterocycles. The second kappa shape index (κ2) is 8.91. The summed E-state index contributed by atoms with van der Waals surface area (Å²) in [7, 11) is 0. The molecule has 3 aromatic rings. The Bertz CT molecular complexity index is 1460. The summed E-state index contributed by atoms with van der Waals surface area (Å²) in [5, 5.41) is 26.4. The number of hydrogen-bond acceptors (Lipinski definition) is 8. The van der Waals surface area contributed by atoms with Crippen LogP contribution in [0.4, 0.5) is 17.3 Å². The fourth-order valence-electron chi connectivity index (χ4n) is 4.64. The Morgan fingerprint density at radius 2 is 2.17 bits per heavy atom. The van der Waals surface area contributed by atoms with E-state index in [0.29, 0.717) is 48.6 Å². The van der Waals surface area contributed by atoms with Crippen LogP contribution in [0.1, 0.15) is 47.8 Å². The standard InChI is InChI=1S/C28H26N6O2/c1-28(16-35)15-31-26-19(13-29)10-18(11-21(26)28)22-6-8-30-27(33-22)34-25-12-20-14-36-9-7-23(20)32-24(25)5-4-17-2-3-17/h6,8,10-12,17,31,35H,2-3,7,9,14-16H2,1H3,(H,30,33,34). The van der Waals surface area contributed by atoms with Crippen LogP contribution in [-0.2, 0) is 23.2 Å². The van der Waals surface area contributed by atoms with Crippen LogP contribution >= 0.6 is 0 Å². The van der Waals surface area contributed by atoms with Crippen LogP contribution in [0, 0.1) is 29.1 Å². The van der Waals surface area contributed by atoms with E-state index in [4.69, 9.17) is 14.7 Å². The van der Waals surface area contributed by atoms with Crippen molar-refractivity contribution in [1.29, 1.82) is 5.26 Å². The molecule has 1 aliphatic carbocycles. The van der Waals surface area contributed by atoms with Gasteiger partial charge < -0.3 is 20.5 Å². The SMILES string of the molecule is CC1(CO)CNc2c(C#N)cc(-c3ccnc(Nc4cc5c(nc4C#CC4CC4)CCOC5)n3)cc21. The van der Waals surface area contributed by atoms with Crippen molar-refractivity contribution in [3.63, 3.8) is 0 Å². The minimum absolute atomic E-state index is 0.0163. The van der Waals surface area contributed by atoms with Gasteiger partial charge >= 0.3 is 0 Å². The number of benzene rings is 1. The largest absolute Gasteiger partial charge is 0.395 e. The van der Waals surface area contributed by atoms with Gasteiger partial charge in [0, 0.05) is 47.3 Å². The molecule has 180 valence electrons. The predicted molar refractivity (Wildman–Crippen MR) is 136 cm³/mol. The first kappa shape index (κ1) is 22.5. The van der Waals surface area contributed by atoms with E-state index >= 15 is 0 Å². The zero-order valence-electron chi connectivity index (χ0n) is 20.1. The molecule has 1 atom stereocenters. The summed E-state index contributed by atoms with van der Waals surface area (Å²) in [6, 6.07) is 9.96. The van der Waals surface area contributed by atoms with Gasteiger partial charge in [-0.1, -0.05) is 12.8 Å². The van der Waals surface area contributed by atoms with Crippen molar-refractivity contribution >= 4 is 17.3 Å². The van der Waals surface area contributed by atoms with Gasteiger partial charge in [-0.3, -0.25) is 0 Å². The molecule has 0 amide bonds. The lowest BCUT2D eigenvalue weighted by Gasteiger charge is -2.21. The number of fused-ring (bicyclic) bond motifs is 2. The smallest absolute Gasteiger partial charge is 0.227 e. The number of aliphatic hydroxyl groups is 1. The zero-order chi connectivity index (χ0) is 24.7. The van der Waals surface area contributed by atoms with Gasteiger partial charge in [-0.25, -0.2) is 15.0 Å². The van der Waals surface area contributed by atoms with Crippen LogP contribution in [-0.4, -0.2) is 39.8 Å². The van der Waals surface area contributed by atoms with Gasteiger partial charge in [-0.15, -0.1) is 0 Å². The first-order chi connectivity index (χ1) is 17.6. The van der Waals surface area contributed by atoms with Crippen molar-refractivity contribution in [2.24, 2.45) is 5.92 Å². The second-order valence-electron chi connectivity index (χ2n) is 9.86. The number of nitrogens with zero attached hydrogens (tertiary/aromatic N) is 4. The Morgan fingerprint density at radius 1 is 1.28 bits per heavy atom. The molecule has 8 nitrogen and oxygen atoms in total. The summed E-state index contributed by atoms with van der Waals surface area (Å²) in [6.45, 7) is 3.74. The molecule has 2 aromatic heterocycles. The second-order valence-corrected chi connectivity index (χ2v) is 9.86. The van der Waals surface area contributed by atoms with Crippen LogP contribution in [0.25, 0.3) is 11.3 Å². The molecule has 36 heavy (non-hydrogen) atoms. The molecule has 3 aliphatic rings. The summed E-state index contributed by atoms with van der Waals surface area (Å²) in [4.78, 5) is 14.0. The van der Waals surface area contributed by atoms with Gasteiger partial charge in [-0.2, -0.15) is 5.26 Å². The Kier molecular flexibility index (Phi) is 5.56. The number of nitrogens with one attached hydrogen (secondary N) is 2. The number of aromatic nitrogens is 3. The maximum absolute atomic E-state index is 10.0. The van der Waals surface area contributed by atoms with Crippen LogP contribution in [0.3, 0.4) is 0 Å². The van der Waals surface area contributed by atoms with Crippen molar-refractivity contribution in [3.8, 4) is 29.2 Å². The van der Waals surface area contributed by atoms with E-state index in [0.717, 1.165) is 53.0 Å². The van der Waals surface area contributed by atoms with Crippen molar-refractivity contribution in [2.45, 2.75) is 38.2 Å². The third-order valence-electron chi connectivity index (χ3n) is 7.02. The summed E-state index contributed by atoms with van der Waals surface area (Å²) in [5.74, 6) is 7.46. The summed E-state index contributed by atoms with van der Waals surface area (Å²) in [5.41, 5.74) is 6.79. The van der Waals surface area contributed by atoms with Crippen molar-refractivity contribution in [1.82, 2.24) is 15.0 Å². The van der Waals surface area contributed by atoms with Gasteiger partial charge in [0.05, 0.1) is 42.5 Å². The van der Waals surface area contributed by atoms with Gasteiger partial charge in [0.15, 0.2) is 0 Å². The molecule has 4 heterocycles. The maximum Gasteiger partial charge on any atom is 0.227 e. The number of nitriles is 1. The minimum atomic E-state index is -0.461. The summed E-state index contributed by atoms with van der Waals surface area (Å²) < 4.78 is 5.63. The van der Waals surface area contributed by atoms with E-state index in [1.54, 1.807) is 6.20 Å². The Hall–Kier alpha value is -3.98. The monoisotopic (exact) mass is 478 g/mol. The third kappa shape index (κ3) is 4.15. The molecule has 0 saturated heterocycles. The average molecular weight is 479 g/mol. The number of hydrogen-bond donors (Lipinski definition) is 3. The van der Waals surface area contributed by atoms with Crippen LogP contribution in [0.15, 0.2) is 30.5 Å². The lowest BCUT2D eigenvalue weighted by molar-refractivity contribution is 0.109. The summed E-state index contributed by atoms with van der Waals surface area (Å²) >= 11 is 0. The molecular formula is C28H26N6O2. The highest BCUT2D eigenvalue weighted by atomic mass is 16.5. The Morgan fingerprint density at radius 3 is 2.97 bits per heavy atom. The van der Waals surface area contributed by atoms with Crippen LogP contribution in [0.5, 0.6) is 0 Å². The number of ether oxygens (including phenoxy) is 1. The molecule has 1 unspecified atom stereocenters. The van der Waals surface area contributed by atoms with E-state index in [9.17, 15) is 10.4 Å². The molecule has 0 radical (unpaired) electrons. The first-order valence-electron chi connectivity index (χ1n) is 12.2. The summed E-state index contributed by atoms with van der Waals surface area (Å²) in [6.07, 6.45) is 4.77. The third-order valence-corrected chi connectivity index (χ3v) is 7.02. The molecule has 1 aromatic carbocycles. The van der Waals surface area contributed by atoms with E-state index in [1.165, 1.54) is 0 Å². The highest BCUT2D eigenvalue weighted by Crippen LogP contribution is 2.41. The normalized spacial score (nSPS) is 19.8. The highest BCUT2D eigenvalue weighted by molar-refractivity contribution is 5.76. The van der Waals surface area contributed by atoms with Gasteiger partial charge in [0.2, 0.25) is 5.95 Å². The van der Waals surface area contributed by atoms with Gasteiger partial charge in [-0.05, 0) is 48.6 Å². The van der Waals surface area contributed by atoms with E-state index < -0.39 is 5.41 Å². The minimum Gasteiger partial charge on any atom is -0.395 e. The lowest BCUT2D eigenvalue weighted by atomic mass is 9.83. The molecule has 1 fully saturated rings. The molecule has 1 saturated carbocycles. The number of anilines is 3. The molecule has 8 heteroatoms. The molecule has 0 spiro atoms. The van der Waals surface area contributed by atoms with Crippen molar-refractivity contribution < 1.29 is 9.84 Å². The first-order valence-corrected chi connectivity index (χ1v) is 12.2. The molecule has 3 N–H and O–H groups in total. The highest BCUT2D eigenvalue weighted by Gasteiger charge is 2.36. The zero-order valence-corrected chi connectivity index (χ0v) is 20.1. The number of pyridine rings is 1. The predicted octanol–water partition coefficient (Wildman–Crippen LogP) is 3.66. The quantitative estimate of drug-likeness (QED) is 0.487.